The number of H-pyrrole nitrogens is 1. The number of hydrogen-bond donors (Lipinski definition) is 2. The third kappa shape index (κ3) is 4.08. The molecule has 7 heteroatoms. The average Bonchev–Trinajstić information content (AvgIpc) is 3.40. The summed E-state index contributed by atoms with van der Waals surface area (Å²) in [5.41, 5.74) is 2.01. The number of carbonyl (C=O) groups excluding carboxylic acids is 2. The summed E-state index contributed by atoms with van der Waals surface area (Å²) in [6.45, 7) is 1.79. The number of aromatic amines is 1. The number of likely N-dealkylation sites (tertiary alicyclic amines) is 1. The van der Waals surface area contributed by atoms with E-state index < -0.39 is 0 Å². The molecule has 3 aromatic rings. The Hall–Kier alpha value is -3.09. The first kappa shape index (κ1) is 18.3. The van der Waals surface area contributed by atoms with Crippen LogP contribution in [0.25, 0.3) is 11.0 Å². The van der Waals surface area contributed by atoms with Gasteiger partial charge in [0.05, 0.1) is 17.3 Å². The maximum Gasteiger partial charge on any atom is 0.289 e. The summed E-state index contributed by atoms with van der Waals surface area (Å²) in [5.74, 6) is 1.24. The molecule has 146 valence electrons. The monoisotopic (exact) mass is 380 g/mol. The van der Waals surface area contributed by atoms with E-state index in [1.807, 2.05) is 24.3 Å². The summed E-state index contributed by atoms with van der Waals surface area (Å²) >= 11 is 0. The number of hydrogen-bond acceptors (Lipinski definition) is 4. The second-order valence-electron chi connectivity index (χ2n) is 7.14. The summed E-state index contributed by atoms with van der Waals surface area (Å²) in [6.07, 6.45) is 4.49. The van der Waals surface area contributed by atoms with Crippen LogP contribution in [0.1, 0.15) is 35.6 Å². The highest BCUT2D eigenvalue weighted by atomic mass is 16.3. The van der Waals surface area contributed by atoms with Gasteiger partial charge in [-0.25, -0.2) is 4.98 Å². The first-order chi connectivity index (χ1) is 13.7. The van der Waals surface area contributed by atoms with E-state index >= 15 is 0 Å². The lowest BCUT2D eigenvalue weighted by atomic mass is 9.95. The maximum atomic E-state index is 12.4. The molecule has 7 nitrogen and oxygen atoms in total. The second kappa shape index (κ2) is 8.29. The van der Waals surface area contributed by atoms with Gasteiger partial charge in [-0.05, 0) is 43.5 Å². The number of carbonyl (C=O) groups is 2. The van der Waals surface area contributed by atoms with Crippen LogP contribution >= 0.6 is 0 Å². The van der Waals surface area contributed by atoms with Crippen LogP contribution in [0.15, 0.2) is 47.1 Å². The molecule has 0 spiro atoms. The SMILES string of the molecule is O=C(NCCCc1nc2ccccc2[nH]1)C1CCN(C(=O)c2ccco2)CC1. The van der Waals surface area contributed by atoms with Gasteiger partial charge in [0.15, 0.2) is 5.76 Å². The lowest BCUT2D eigenvalue weighted by Gasteiger charge is -2.30. The van der Waals surface area contributed by atoms with Gasteiger partial charge in [0.25, 0.3) is 5.91 Å². The van der Waals surface area contributed by atoms with Crippen LogP contribution in [0.5, 0.6) is 0 Å². The number of nitrogens with one attached hydrogen (secondary N) is 2. The van der Waals surface area contributed by atoms with Gasteiger partial charge >= 0.3 is 0 Å². The van der Waals surface area contributed by atoms with Gasteiger partial charge in [-0.15, -0.1) is 0 Å². The number of imidazole rings is 1. The summed E-state index contributed by atoms with van der Waals surface area (Å²) in [4.78, 5) is 34.3. The molecule has 2 aromatic heterocycles. The van der Waals surface area contributed by atoms with Gasteiger partial charge in [0.1, 0.15) is 5.82 Å². The van der Waals surface area contributed by atoms with Crippen LogP contribution in [0.3, 0.4) is 0 Å². The Morgan fingerprint density at radius 1 is 1.18 bits per heavy atom. The van der Waals surface area contributed by atoms with Gasteiger partial charge in [0, 0.05) is 32.0 Å². The Kier molecular flexibility index (Phi) is 5.41. The fourth-order valence-corrected chi connectivity index (χ4v) is 3.64. The molecule has 0 radical (unpaired) electrons. The lowest BCUT2D eigenvalue weighted by molar-refractivity contribution is -0.126. The zero-order chi connectivity index (χ0) is 19.3. The van der Waals surface area contributed by atoms with Crippen molar-refractivity contribution < 1.29 is 14.0 Å². The zero-order valence-electron chi connectivity index (χ0n) is 15.7. The third-order valence-corrected chi connectivity index (χ3v) is 5.21. The third-order valence-electron chi connectivity index (χ3n) is 5.21. The van der Waals surface area contributed by atoms with Crippen molar-refractivity contribution in [1.29, 1.82) is 0 Å². The number of rotatable bonds is 6. The number of aromatic nitrogens is 2. The molecule has 2 amide bonds. The first-order valence-corrected chi connectivity index (χ1v) is 9.75. The number of benzene rings is 1. The van der Waals surface area contributed by atoms with Crippen LogP contribution in [-0.2, 0) is 11.2 Å². The van der Waals surface area contributed by atoms with E-state index in [0.29, 0.717) is 38.2 Å². The highest BCUT2D eigenvalue weighted by molar-refractivity contribution is 5.91. The molecule has 0 atom stereocenters. The predicted octanol–water partition coefficient (Wildman–Crippen LogP) is 2.76. The minimum absolute atomic E-state index is 0.0353. The molecule has 28 heavy (non-hydrogen) atoms. The Labute approximate surface area is 163 Å². The smallest absolute Gasteiger partial charge is 0.289 e. The van der Waals surface area contributed by atoms with E-state index in [9.17, 15) is 9.59 Å². The van der Waals surface area contributed by atoms with Crippen molar-refractivity contribution in [1.82, 2.24) is 20.2 Å². The summed E-state index contributed by atoms with van der Waals surface area (Å²) in [7, 11) is 0. The van der Waals surface area contributed by atoms with E-state index in [2.05, 4.69) is 15.3 Å². The Morgan fingerprint density at radius 3 is 2.75 bits per heavy atom. The van der Waals surface area contributed by atoms with Crippen LogP contribution in [-0.4, -0.2) is 46.3 Å². The number of amides is 2. The maximum absolute atomic E-state index is 12.4. The predicted molar refractivity (Wildman–Crippen MR) is 105 cm³/mol. The topological polar surface area (TPSA) is 91.2 Å². The van der Waals surface area contributed by atoms with Crippen molar-refractivity contribution in [2.24, 2.45) is 5.92 Å². The molecule has 1 aliphatic heterocycles. The Bertz CT molecular complexity index is 907. The van der Waals surface area contributed by atoms with Gasteiger partial charge in [0.2, 0.25) is 5.91 Å². The molecule has 1 aliphatic rings. The number of piperidine rings is 1. The van der Waals surface area contributed by atoms with E-state index in [4.69, 9.17) is 4.42 Å². The zero-order valence-corrected chi connectivity index (χ0v) is 15.7. The highest BCUT2D eigenvalue weighted by Crippen LogP contribution is 2.19. The number of fused-ring (bicyclic) bond motifs is 1. The molecule has 0 bridgehead atoms. The van der Waals surface area contributed by atoms with Gasteiger partial charge in [-0.1, -0.05) is 12.1 Å². The molecule has 3 heterocycles. The number of nitrogens with zero attached hydrogens (tertiary/aromatic N) is 2. The summed E-state index contributed by atoms with van der Waals surface area (Å²) in [6, 6.07) is 11.3. The van der Waals surface area contributed by atoms with E-state index in [-0.39, 0.29) is 17.7 Å². The molecule has 1 saturated heterocycles. The highest BCUT2D eigenvalue weighted by Gasteiger charge is 2.28. The summed E-state index contributed by atoms with van der Waals surface area (Å²) in [5, 5.41) is 3.03. The molecule has 1 aromatic carbocycles. The lowest BCUT2D eigenvalue weighted by Crippen LogP contribution is -2.43. The number of aryl methyl sites for hydroxylation is 1. The fourth-order valence-electron chi connectivity index (χ4n) is 3.64. The molecular formula is C21H24N4O3. The molecular weight excluding hydrogens is 356 g/mol. The van der Waals surface area contributed by atoms with Crippen molar-refractivity contribution in [3.8, 4) is 0 Å². The minimum atomic E-state index is -0.102. The van der Waals surface area contributed by atoms with Gasteiger partial charge in [-0.3, -0.25) is 9.59 Å². The van der Waals surface area contributed by atoms with Crippen molar-refractivity contribution in [3.63, 3.8) is 0 Å². The summed E-state index contributed by atoms with van der Waals surface area (Å²) < 4.78 is 5.17. The second-order valence-corrected chi connectivity index (χ2v) is 7.14. The largest absolute Gasteiger partial charge is 0.459 e. The normalized spacial score (nSPS) is 15.1. The fraction of sp³-hybridized carbons (Fsp3) is 0.381. The standard InChI is InChI=1S/C21H24N4O3/c26-20(15-9-12-25(13-10-15)21(27)18-7-4-14-28-18)22-11-3-8-19-23-16-5-1-2-6-17(16)24-19/h1-2,4-7,14-15H,3,8-13H2,(H,22,26)(H,23,24). The quantitative estimate of drug-likeness (QED) is 0.643. The van der Waals surface area contributed by atoms with Crippen molar-refractivity contribution >= 4 is 22.8 Å². The van der Waals surface area contributed by atoms with Crippen LogP contribution in [0, 0.1) is 5.92 Å². The molecule has 0 aliphatic carbocycles. The number of furan rings is 1. The van der Waals surface area contributed by atoms with Crippen LogP contribution < -0.4 is 5.32 Å². The number of para-hydroxylation sites is 2. The average molecular weight is 380 g/mol. The van der Waals surface area contributed by atoms with Gasteiger partial charge < -0.3 is 19.6 Å². The van der Waals surface area contributed by atoms with Crippen LogP contribution in [0.4, 0.5) is 0 Å². The Morgan fingerprint density at radius 2 is 2.00 bits per heavy atom. The molecule has 0 saturated carbocycles. The molecule has 1 fully saturated rings. The van der Waals surface area contributed by atoms with Gasteiger partial charge in [-0.2, -0.15) is 0 Å². The van der Waals surface area contributed by atoms with Crippen molar-refractivity contribution in [2.75, 3.05) is 19.6 Å². The van der Waals surface area contributed by atoms with Crippen molar-refractivity contribution in [2.45, 2.75) is 25.7 Å². The Balaban J connectivity index is 1.18. The molecule has 4 rings (SSSR count). The first-order valence-electron chi connectivity index (χ1n) is 9.75. The minimum Gasteiger partial charge on any atom is -0.459 e. The molecule has 0 unspecified atom stereocenters. The van der Waals surface area contributed by atoms with Crippen molar-refractivity contribution in [3.05, 3.63) is 54.2 Å². The van der Waals surface area contributed by atoms with E-state index in [0.717, 1.165) is 29.7 Å². The van der Waals surface area contributed by atoms with Crippen LogP contribution in [0.2, 0.25) is 0 Å². The van der Waals surface area contributed by atoms with E-state index in [1.165, 1.54) is 6.26 Å². The van der Waals surface area contributed by atoms with E-state index in [1.54, 1.807) is 17.0 Å². The molecule has 2 N–H and O–H groups in total.